The van der Waals surface area contributed by atoms with Crippen LogP contribution in [0.25, 0.3) is 21.9 Å². The molecular weight excluding hydrogens is 518 g/mol. The van der Waals surface area contributed by atoms with E-state index in [9.17, 15) is 9.90 Å². The van der Waals surface area contributed by atoms with E-state index >= 15 is 0 Å². The van der Waals surface area contributed by atoms with Gasteiger partial charge in [0, 0.05) is 28.9 Å². The van der Waals surface area contributed by atoms with E-state index in [0.717, 1.165) is 43.5 Å². The number of aromatic nitrogens is 3. The Bertz CT molecular complexity index is 1580. The molecule has 7 heteroatoms. The van der Waals surface area contributed by atoms with E-state index in [1.165, 1.54) is 0 Å². The SMILES string of the molecule is CC(C)(Cc1nc2cc(OCc3ccc4ccccc4n3)ccc2n1Cc1cccc(Br)c1)C(=O)O. The Labute approximate surface area is 217 Å². The van der Waals surface area contributed by atoms with E-state index in [2.05, 4.69) is 37.6 Å². The molecule has 5 aromatic rings. The van der Waals surface area contributed by atoms with Gasteiger partial charge in [0.25, 0.3) is 0 Å². The average Bonchev–Trinajstić information content (AvgIpc) is 3.17. The number of fused-ring (bicyclic) bond motifs is 2. The second-order valence-electron chi connectivity index (χ2n) is 9.54. The number of pyridine rings is 1. The van der Waals surface area contributed by atoms with Crippen molar-refractivity contribution in [1.29, 1.82) is 0 Å². The van der Waals surface area contributed by atoms with Gasteiger partial charge in [-0.15, -0.1) is 0 Å². The molecule has 182 valence electrons. The molecule has 0 unspecified atom stereocenters. The van der Waals surface area contributed by atoms with Gasteiger partial charge in [-0.25, -0.2) is 9.97 Å². The van der Waals surface area contributed by atoms with Crippen molar-refractivity contribution in [2.45, 2.75) is 33.4 Å². The van der Waals surface area contributed by atoms with Gasteiger partial charge in [-0.05, 0) is 55.8 Å². The van der Waals surface area contributed by atoms with Crippen LogP contribution in [0.2, 0.25) is 0 Å². The second kappa shape index (κ2) is 9.74. The highest BCUT2D eigenvalue weighted by atomic mass is 79.9. The number of ether oxygens (including phenoxy) is 1. The number of carbonyl (C=O) groups is 1. The summed E-state index contributed by atoms with van der Waals surface area (Å²) >= 11 is 3.54. The highest BCUT2D eigenvalue weighted by Gasteiger charge is 2.30. The smallest absolute Gasteiger partial charge is 0.309 e. The van der Waals surface area contributed by atoms with Gasteiger partial charge in [0.1, 0.15) is 18.2 Å². The summed E-state index contributed by atoms with van der Waals surface area (Å²) in [6, 6.07) is 25.9. The fraction of sp³-hybridized carbons (Fsp3) is 0.207. The molecule has 0 spiro atoms. The normalized spacial score (nSPS) is 11.8. The van der Waals surface area contributed by atoms with E-state index < -0.39 is 11.4 Å². The summed E-state index contributed by atoms with van der Waals surface area (Å²) in [7, 11) is 0. The lowest BCUT2D eigenvalue weighted by Crippen LogP contribution is -2.27. The number of imidazole rings is 1. The van der Waals surface area contributed by atoms with E-state index in [1.807, 2.05) is 66.7 Å². The maximum Gasteiger partial charge on any atom is 0.309 e. The van der Waals surface area contributed by atoms with Crippen molar-refractivity contribution in [2.24, 2.45) is 5.41 Å². The van der Waals surface area contributed by atoms with Gasteiger partial charge in [0.15, 0.2) is 0 Å². The Morgan fingerprint density at radius 2 is 1.81 bits per heavy atom. The number of nitrogens with zero attached hydrogens (tertiary/aromatic N) is 3. The number of hydrogen-bond donors (Lipinski definition) is 1. The number of para-hydroxylation sites is 1. The minimum Gasteiger partial charge on any atom is -0.487 e. The van der Waals surface area contributed by atoms with E-state index in [4.69, 9.17) is 9.72 Å². The highest BCUT2D eigenvalue weighted by molar-refractivity contribution is 9.10. The third kappa shape index (κ3) is 5.11. The van der Waals surface area contributed by atoms with Gasteiger partial charge in [0.2, 0.25) is 0 Å². The lowest BCUT2D eigenvalue weighted by Gasteiger charge is -2.19. The Morgan fingerprint density at radius 3 is 2.61 bits per heavy atom. The molecule has 0 atom stereocenters. The number of carboxylic acids is 1. The largest absolute Gasteiger partial charge is 0.487 e. The zero-order chi connectivity index (χ0) is 25.3. The van der Waals surface area contributed by atoms with Gasteiger partial charge in [-0.1, -0.05) is 52.3 Å². The summed E-state index contributed by atoms with van der Waals surface area (Å²) in [6.07, 6.45) is 0.308. The summed E-state index contributed by atoms with van der Waals surface area (Å²) < 4.78 is 9.15. The molecular formula is C29H26BrN3O3. The van der Waals surface area contributed by atoms with Gasteiger partial charge in [-0.3, -0.25) is 4.79 Å². The Kier molecular flexibility index (Phi) is 6.49. The van der Waals surface area contributed by atoms with Crippen LogP contribution >= 0.6 is 15.9 Å². The maximum atomic E-state index is 11.8. The first-order chi connectivity index (χ1) is 17.3. The second-order valence-corrected chi connectivity index (χ2v) is 10.5. The van der Waals surface area contributed by atoms with Crippen LogP contribution in [0.3, 0.4) is 0 Å². The van der Waals surface area contributed by atoms with Gasteiger partial charge >= 0.3 is 5.97 Å². The molecule has 0 amide bonds. The zero-order valence-electron chi connectivity index (χ0n) is 20.1. The first kappa shape index (κ1) is 24.0. The molecule has 5 rings (SSSR count). The summed E-state index contributed by atoms with van der Waals surface area (Å²) in [4.78, 5) is 21.4. The zero-order valence-corrected chi connectivity index (χ0v) is 21.7. The number of halogens is 1. The molecule has 0 aliphatic rings. The standard InChI is InChI=1S/C29H26BrN3O3/c1-29(2,28(34)35)16-27-32-25-15-23(36-18-22-11-10-20-7-3-4-9-24(20)31-22)12-13-26(25)33(27)17-19-6-5-8-21(30)14-19/h3-15H,16-18H2,1-2H3,(H,34,35). The highest BCUT2D eigenvalue weighted by Crippen LogP contribution is 2.28. The number of rotatable bonds is 8. The number of hydrogen-bond acceptors (Lipinski definition) is 4. The third-order valence-electron chi connectivity index (χ3n) is 6.25. The molecule has 0 radical (unpaired) electrons. The van der Waals surface area contributed by atoms with Crippen molar-refractivity contribution in [3.63, 3.8) is 0 Å². The molecule has 0 saturated heterocycles. The first-order valence-electron chi connectivity index (χ1n) is 11.7. The molecule has 1 N–H and O–H groups in total. The monoisotopic (exact) mass is 543 g/mol. The first-order valence-corrected chi connectivity index (χ1v) is 12.5. The van der Waals surface area contributed by atoms with E-state index in [0.29, 0.717) is 25.3 Å². The summed E-state index contributed by atoms with van der Waals surface area (Å²) in [5, 5.41) is 10.8. The van der Waals surface area contributed by atoms with Crippen LogP contribution in [-0.4, -0.2) is 25.6 Å². The van der Waals surface area contributed by atoms with Crippen molar-refractivity contribution in [1.82, 2.24) is 14.5 Å². The number of carboxylic acid groups (broad SMARTS) is 1. The van der Waals surface area contributed by atoms with Crippen LogP contribution in [0.15, 0.2) is 83.3 Å². The minimum absolute atomic E-state index is 0.308. The van der Waals surface area contributed by atoms with Gasteiger partial charge in [0.05, 0.1) is 27.7 Å². The Morgan fingerprint density at radius 1 is 0.972 bits per heavy atom. The van der Waals surface area contributed by atoms with E-state index in [1.54, 1.807) is 13.8 Å². The molecule has 36 heavy (non-hydrogen) atoms. The van der Waals surface area contributed by atoms with Gasteiger partial charge in [-0.2, -0.15) is 0 Å². The summed E-state index contributed by atoms with van der Waals surface area (Å²) in [5.74, 6) is 0.565. The molecule has 0 aliphatic carbocycles. The van der Waals surface area contributed by atoms with Crippen LogP contribution < -0.4 is 4.74 Å². The fourth-order valence-corrected chi connectivity index (χ4v) is 4.64. The van der Waals surface area contributed by atoms with Crippen molar-refractivity contribution < 1.29 is 14.6 Å². The topological polar surface area (TPSA) is 77.2 Å². The average molecular weight is 544 g/mol. The quantitative estimate of drug-likeness (QED) is 0.237. The predicted molar refractivity (Wildman–Crippen MR) is 144 cm³/mol. The molecule has 2 aromatic heterocycles. The Hall–Kier alpha value is -3.71. The predicted octanol–water partition coefficient (Wildman–Crippen LogP) is 6.63. The molecule has 0 bridgehead atoms. The van der Waals surface area contributed by atoms with E-state index in [-0.39, 0.29) is 0 Å². The summed E-state index contributed by atoms with van der Waals surface area (Å²) in [5.41, 5.74) is 3.63. The molecule has 0 saturated carbocycles. The molecule has 0 aliphatic heterocycles. The molecule has 2 heterocycles. The maximum absolute atomic E-state index is 11.8. The van der Waals surface area contributed by atoms with Crippen LogP contribution in [0.4, 0.5) is 0 Å². The fourth-order valence-electron chi connectivity index (χ4n) is 4.20. The lowest BCUT2D eigenvalue weighted by atomic mass is 9.89. The van der Waals surface area contributed by atoms with Crippen molar-refractivity contribution in [2.75, 3.05) is 0 Å². The van der Waals surface area contributed by atoms with Crippen molar-refractivity contribution >= 4 is 43.8 Å². The Balaban J connectivity index is 1.45. The van der Waals surface area contributed by atoms with Crippen LogP contribution in [0, 0.1) is 5.41 Å². The van der Waals surface area contributed by atoms with Crippen LogP contribution in [-0.2, 0) is 24.4 Å². The van der Waals surface area contributed by atoms with Crippen molar-refractivity contribution in [3.05, 3.63) is 100 Å². The number of aliphatic carboxylic acids is 1. The lowest BCUT2D eigenvalue weighted by molar-refractivity contribution is -0.146. The minimum atomic E-state index is -0.947. The van der Waals surface area contributed by atoms with Gasteiger partial charge < -0.3 is 14.4 Å². The van der Waals surface area contributed by atoms with Crippen LogP contribution in [0.1, 0.15) is 30.9 Å². The molecule has 3 aromatic carbocycles. The van der Waals surface area contributed by atoms with Crippen LogP contribution in [0.5, 0.6) is 5.75 Å². The number of benzene rings is 3. The molecule has 0 fully saturated rings. The molecule has 6 nitrogen and oxygen atoms in total. The summed E-state index contributed by atoms with van der Waals surface area (Å²) in [6.45, 7) is 4.38. The third-order valence-corrected chi connectivity index (χ3v) is 6.74. The van der Waals surface area contributed by atoms with Crippen molar-refractivity contribution in [3.8, 4) is 5.75 Å².